The topological polar surface area (TPSA) is 48.9 Å². The Morgan fingerprint density at radius 3 is 2.57 bits per heavy atom. The minimum Gasteiger partial charge on any atom is -0.377 e. The van der Waals surface area contributed by atoms with Crippen LogP contribution >= 0.6 is 15.9 Å². The zero-order valence-corrected chi connectivity index (χ0v) is 18.8. The lowest BCUT2D eigenvalue weighted by Crippen LogP contribution is -2.68. The molecule has 3 atom stereocenters. The number of rotatable bonds is 4. The van der Waals surface area contributed by atoms with Crippen LogP contribution in [0.2, 0.25) is 0 Å². The second-order valence-corrected chi connectivity index (χ2v) is 10.00. The maximum atomic E-state index is 5.92. The molecular weight excluding hydrogens is 416 g/mol. The van der Waals surface area contributed by atoms with Crippen molar-refractivity contribution in [3.05, 3.63) is 34.3 Å². The van der Waals surface area contributed by atoms with Crippen LogP contribution in [-0.2, 0) is 11.3 Å². The summed E-state index contributed by atoms with van der Waals surface area (Å²) >= 11 is 3.51. The van der Waals surface area contributed by atoms with Crippen molar-refractivity contribution >= 4 is 21.9 Å². The molecule has 1 saturated carbocycles. The molecule has 0 aromatic heterocycles. The fourth-order valence-electron chi connectivity index (χ4n) is 5.21. The van der Waals surface area contributed by atoms with E-state index in [4.69, 9.17) is 4.74 Å². The highest BCUT2D eigenvalue weighted by Crippen LogP contribution is 2.52. The summed E-state index contributed by atoms with van der Waals surface area (Å²) in [6.07, 6.45) is 3.88. The molecule has 3 unspecified atom stereocenters. The molecule has 3 fully saturated rings. The lowest BCUT2D eigenvalue weighted by atomic mass is 9.57. The van der Waals surface area contributed by atoms with Gasteiger partial charge in [0.05, 0.1) is 6.10 Å². The zero-order chi connectivity index (χ0) is 19.7. The van der Waals surface area contributed by atoms with E-state index in [2.05, 4.69) is 74.6 Å². The SMILES string of the molecule is CN=C(NC1CCN(Cc2ccc(Br)cc2)CC1)NC1C2CCOC2C1(C)C. The third-order valence-corrected chi connectivity index (χ3v) is 7.39. The molecule has 0 bridgehead atoms. The van der Waals surface area contributed by atoms with E-state index < -0.39 is 0 Å². The molecule has 5 nitrogen and oxygen atoms in total. The van der Waals surface area contributed by atoms with Gasteiger partial charge in [-0.2, -0.15) is 0 Å². The van der Waals surface area contributed by atoms with Gasteiger partial charge in [0.15, 0.2) is 5.96 Å². The summed E-state index contributed by atoms with van der Waals surface area (Å²) in [6, 6.07) is 9.61. The number of ether oxygens (including phenoxy) is 1. The van der Waals surface area contributed by atoms with Crippen molar-refractivity contribution in [2.75, 3.05) is 26.7 Å². The van der Waals surface area contributed by atoms with Gasteiger partial charge >= 0.3 is 0 Å². The number of benzene rings is 1. The Kier molecular flexibility index (Phi) is 6.00. The van der Waals surface area contributed by atoms with Gasteiger partial charge in [0.25, 0.3) is 0 Å². The maximum Gasteiger partial charge on any atom is 0.191 e. The van der Waals surface area contributed by atoms with E-state index in [0.717, 1.165) is 55.9 Å². The second kappa shape index (κ2) is 8.33. The molecule has 0 amide bonds. The molecular formula is C22H33BrN4O. The quantitative estimate of drug-likeness (QED) is 0.547. The van der Waals surface area contributed by atoms with Crippen LogP contribution in [0.4, 0.5) is 0 Å². The van der Waals surface area contributed by atoms with Crippen LogP contribution in [0.25, 0.3) is 0 Å². The Labute approximate surface area is 177 Å². The van der Waals surface area contributed by atoms with Crippen LogP contribution < -0.4 is 10.6 Å². The van der Waals surface area contributed by atoms with Crippen molar-refractivity contribution < 1.29 is 4.74 Å². The lowest BCUT2D eigenvalue weighted by Gasteiger charge is -2.55. The van der Waals surface area contributed by atoms with E-state index in [-0.39, 0.29) is 5.41 Å². The number of hydrogen-bond donors (Lipinski definition) is 2. The van der Waals surface area contributed by atoms with Gasteiger partial charge in [0, 0.05) is 61.2 Å². The van der Waals surface area contributed by atoms with Crippen LogP contribution in [0.1, 0.15) is 38.7 Å². The molecule has 4 rings (SSSR count). The highest BCUT2D eigenvalue weighted by Gasteiger charge is 2.59. The third-order valence-electron chi connectivity index (χ3n) is 6.86. The monoisotopic (exact) mass is 448 g/mol. The average molecular weight is 449 g/mol. The first-order chi connectivity index (χ1) is 13.5. The molecule has 3 aliphatic rings. The van der Waals surface area contributed by atoms with Crippen molar-refractivity contribution in [1.29, 1.82) is 0 Å². The predicted octanol–water partition coefficient (Wildman–Crippen LogP) is 3.39. The van der Waals surface area contributed by atoms with Crippen molar-refractivity contribution in [3.8, 4) is 0 Å². The van der Waals surface area contributed by atoms with Crippen molar-refractivity contribution in [1.82, 2.24) is 15.5 Å². The average Bonchev–Trinajstić information content (AvgIpc) is 3.15. The summed E-state index contributed by atoms with van der Waals surface area (Å²) in [6.45, 7) is 8.80. The molecule has 0 spiro atoms. The molecule has 6 heteroatoms. The van der Waals surface area contributed by atoms with E-state index in [1.165, 1.54) is 5.56 Å². The summed E-state index contributed by atoms with van der Waals surface area (Å²) in [4.78, 5) is 7.06. The summed E-state index contributed by atoms with van der Waals surface area (Å²) < 4.78 is 7.06. The largest absolute Gasteiger partial charge is 0.377 e. The Balaban J connectivity index is 1.25. The van der Waals surface area contributed by atoms with E-state index in [1.54, 1.807) is 0 Å². The third kappa shape index (κ3) is 4.10. The summed E-state index contributed by atoms with van der Waals surface area (Å²) in [7, 11) is 1.88. The fraction of sp³-hybridized carbons (Fsp3) is 0.682. The number of nitrogens with zero attached hydrogens (tertiary/aromatic N) is 2. The summed E-state index contributed by atoms with van der Waals surface area (Å²) in [5.41, 5.74) is 1.56. The Bertz CT molecular complexity index is 697. The van der Waals surface area contributed by atoms with Crippen LogP contribution in [-0.4, -0.2) is 55.8 Å². The molecule has 2 heterocycles. The number of likely N-dealkylation sites (tertiary alicyclic amines) is 1. The van der Waals surface area contributed by atoms with Gasteiger partial charge < -0.3 is 15.4 Å². The highest BCUT2D eigenvalue weighted by molar-refractivity contribution is 9.10. The van der Waals surface area contributed by atoms with Gasteiger partial charge in [-0.15, -0.1) is 0 Å². The van der Waals surface area contributed by atoms with Gasteiger partial charge in [0.1, 0.15) is 0 Å². The number of piperidine rings is 1. The second-order valence-electron chi connectivity index (χ2n) is 9.08. The molecule has 2 saturated heterocycles. The number of fused-ring (bicyclic) bond motifs is 1. The van der Waals surface area contributed by atoms with Gasteiger partial charge in [-0.3, -0.25) is 9.89 Å². The predicted molar refractivity (Wildman–Crippen MR) is 117 cm³/mol. The first-order valence-electron chi connectivity index (χ1n) is 10.6. The Morgan fingerprint density at radius 1 is 1.18 bits per heavy atom. The number of guanidine groups is 1. The first kappa shape index (κ1) is 20.2. The zero-order valence-electron chi connectivity index (χ0n) is 17.2. The molecule has 2 N–H and O–H groups in total. The van der Waals surface area contributed by atoms with Gasteiger partial charge in [-0.05, 0) is 37.0 Å². The maximum absolute atomic E-state index is 5.92. The lowest BCUT2D eigenvalue weighted by molar-refractivity contribution is -0.106. The molecule has 154 valence electrons. The molecule has 1 aromatic rings. The summed E-state index contributed by atoms with van der Waals surface area (Å²) in [5.74, 6) is 1.58. The molecule has 1 aliphatic carbocycles. The number of nitrogens with one attached hydrogen (secondary N) is 2. The van der Waals surface area contributed by atoms with E-state index in [0.29, 0.717) is 24.1 Å². The highest BCUT2D eigenvalue weighted by atomic mass is 79.9. The van der Waals surface area contributed by atoms with Gasteiger partial charge in [-0.1, -0.05) is 41.9 Å². The molecule has 28 heavy (non-hydrogen) atoms. The van der Waals surface area contributed by atoms with Gasteiger partial charge in [0.2, 0.25) is 0 Å². The fourth-order valence-corrected chi connectivity index (χ4v) is 5.48. The van der Waals surface area contributed by atoms with Crippen molar-refractivity contribution in [3.63, 3.8) is 0 Å². The molecule has 0 radical (unpaired) electrons. The Hall–Kier alpha value is -1.11. The number of hydrogen-bond acceptors (Lipinski definition) is 3. The van der Waals surface area contributed by atoms with Crippen molar-refractivity contribution in [2.45, 2.75) is 57.8 Å². The van der Waals surface area contributed by atoms with Crippen LogP contribution in [0, 0.1) is 11.3 Å². The van der Waals surface area contributed by atoms with Crippen LogP contribution in [0.15, 0.2) is 33.7 Å². The van der Waals surface area contributed by atoms with E-state index in [1.807, 2.05) is 7.05 Å². The smallest absolute Gasteiger partial charge is 0.191 e. The molecule has 1 aromatic carbocycles. The van der Waals surface area contributed by atoms with Gasteiger partial charge in [-0.25, -0.2) is 0 Å². The van der Waals surface area contributed by atoms with E-state index >= 15 is 0 Å². The minimum absolute atomic E-state index is 0.173. The standard InChI is InChI=1S/C22H33BrN4O/c1-22(2)19(18-10-13-28-20(18)22)26-21(24-3)25-17-8-11-27(12-9-17)14-15-4-6-16(23)7-5-15/h4-7,17-20H,8-14H2,1-3H3,(H2,24,25,26). The summed E-state index contributed by atoms with van der Waals surface area (Å²) in [5, 5.41) is 7.39. The van der Waals surface area contributed by atoms with Crippen LogP contribution in [0.5, 0.6) is 0 Å². The first-order valence-corrected chi connectivity index (χ1v) is 11.3. The number of aliphatic imine (C=N–C) groups is 1. The minimum atomic E-state index is 0.173. The van der Waals surface area contributed by atoms with Crippen LogP contribution in [0.3, 0.4) is 0 Å². The van der Waals surface area contributed by atoms with E-state index in [9.17, 15) is 0 Å². The Morgan fingerprint density at radius 2 is 1.89 bits per heavy atom. The molecule has 2 aliphatic heterocycles. The van der Waals surface area contributed by atoms with Crippen molar-refractivity contribution in [2.24, 2.45) is 16.3 Å². The normalized spacial score (nSPS) is 30.6. The number of halogens is 1.